The molecule has 7 nitrogen and oxygen atoms in total. The van der Waals surface area contributed by atoms with Crippen molar-refractivity contribution in [3.8, 4) is 0 Å². The Labute approximate surface area is 166 Å². The molecule has 0 radical (unpaired) electrons. The Kier molecular flexibility index (Phi) is 9.95. The van der Waals surface area contributed by atoms with Gasteiger partial charge in [0.1, 0.15) is 6.04 Å². The maximum absolute atomic E-state index is 13.1. The molecule has 3 amide bonds. The van der Waals surface area contributed by atoms with Crippen LogP contribution in [0.1, 0.15) is 32.3 Å². The van der Waals surface area contributed by atoms with Crippen LogP contribution in [0.4, 0.5) is 0 Å². The van der Waals surface area contributed by atoms with Crippen molar-refractivity contribution in [2.45, 2.75) is 39.2 Å². The molecule has 0 aromatic heterocycles. The number of carbonyl (C=O) groups is 3. The average molecular weight is 389 g/mol. The van der Waals surface area contributed by atoms with Gasteiger partial charge in [0, 0.05) is 13.5 Å². The van der Waals surface area contributed by atoms with Gasteiger partial charge in [-0.25, -0.2) is 5.48 Å². The minimum atomic E-state index is -0.778. The monoisotopic (exact) mass is 389 g/mol. The van der Waals surface area contributed by atoms with Crippen molar-refractivity contribution in [1.82, 2.24) is 16.1 Å². The van der Waals surface area contributed by atoms with Crippen LogP contribution < -0.4 is 16.1 Å². The molecule has 0 aliphatic rings. The summed E-state index contributed by atoms with van der Waals surface area (Å²) in [5.41, 5.74) is 2.55. The van der Waals surface area contributed by atoms with Crippen LogP contribution in [0.15, 0.2) is 43.0 Å². The Bertz CT molecular complexity index is 663. The van der Waals surface area contributed by atoms with Crippen LogP contribution in [0, 0.1) is 17.8 Å². The molecule has 4 N–H and O–H groups in total. The average Bonchev–Trinajstić information content (AvgIpc) is 2.72. The van der Waals surface area contributed by atoms with Crippen LogP contribution in [-0.4, -0.2) is 36.0 Å². The number of nitrogens with one attached hydrogen (secondary N) is 3. The number of allylic oxidation sites excluding steroid dienone is 1. The highest BCUT2D eigenvalue weighted by Gasteiger charge is 2.37. The van der Waals surface area contributed by atoms with Gasteiger partial charge >= 0.3 is 0 Å². The molecule has 1 rings (SSSR count). The molecule has 7 heteroatoms. The number of rotatable bonds is 11. The second-order valence-corrected chi connectivity index (χ2v) is 6.88. The van der Waals surface area contributed by atoms with Crippen LogP contribution in [0.2, 0.25) is 0 Å². The smallest absolute Gasteiger partial charge is 0.247 e. The van der Waals surface area contributed by atoms with Crippen LogP contribution in [0.3, 0.4) is 0 Å². The van der Waals surface area contributed by atoms with E-state index < -0.39 is 29.7 Å². The Morgan fingerprint density at radius 3 is 2.29 bits per heavy atom. The lowest BCUT2D eigenvalue weighted by Crippen LogP contribution is -2.52. The third kappa shape index (κ3) is 6.49. The van der Waals surface area contributed by atoms with Crippen LogP contribution >= 0.6 is 0 Å². The summed E-state index contributed by atoms with van der Waals surface area (Å²) in [4.78, 5) is 37.6. The first kappa shape index (κ1) is 23.4. The number of hydroxylamine groups is 1. The van der Waals surface area contributed by atoms with Gasteiger partial charge in [0.2, 0.25) is 17.7 Å². The molecule has 0 saturated carbocycles. The lowest BCUT2D eigenvalue weighted by Gasteiger charge is -2.30. The molecule has 0 aliphatic carbocycles. The zero-order valence-corrected chi connectivity index (χ0v) is 16.8. The molecule has 0 aliphatic heterocycles. The fraction of sp³-hybridized carbons (Fsp3) is 0.476. The fourth-order valence-corrected chi connectivity index (χ4v) is 3.27. The summed E-state index contributed by atoms with van der Waals surface area (Å²) < 4.78 is 0. The first-order chi connectivity index (χ1) is 13.4. The number of amides is 3. The zero-order chi connectivity index (χ0) is 21.1. The van der Waals surface area contributed by atoms with Gasteiger partial charge in [0.05, 0.1) is 11.8 Å². The summed E-state index contributed by atoms with van der Waals surface area (Å²) in [6, 6.07) is 8.61. The molecule has 0 fully saturated rings. The maximum atomic E-state index is 13.1. The number of benzene rings is 1. The molecule has 4 atom stereocenters. The van der Waals surface area contributed by atoms with E-state index in [1.54, 1.807) is 11.6 Å². The summed E-state index contributed by atoms with van der Waals surface area (Å²) in [6.45, 7) is 7.44. The Balaban J connectivity index is 3.11. The van der Waals surface area contributed by atoms with Crippen LogP contribution in [0.5, 0.6) is 0 Å². The van der Waals surface area contributed by atoms with Gasteiger partial charge in [-0.05, 0) is 17.9 Å². The van der Waals surface area contributed by atoms with Gasteiger partial charge in [-0.15, -0.1) is 6.58 Å². The van der Waals surface area contributed by atoms with Crippen molar-refractivity contribution in [2.75, 3.05) is 7.05 Å². The summed E-state index contributed by atoms with van der Waals surface area (Å²) in [5.74, 6) is -2.97. The second kappa shape index (κ2) is 11.9. The number of hydrogen-bond acceptors (Lipinski definition) is 4. The van der Waals surface area contributed by atoms with Gasteiger partial charge in [0.25, 0.3) is 0 Å². The predicted molar refractivity (Wildman–Crippen MR) is 107 cm³/mol. The topological polar surface area (TPSA) is 108 Å². The van der Waals surface area contributed by atoms with Crippen molar-refractivity contribution in [3.05, 3.63) is 48.6 Å². The minimum Gasteiger partial charge on any atom is -0.357 e. The van der Waals surface area contributed by atoms with Gasteiger partial charge < -0.3 is 10.6 Å². The van der Waals surface area contributed by atoms with E-state index in [9.17, 15) is 14.4 Å². The molecular formula is C21H31N3O4. The van der Waals surface area contributed by atoms with Gasteiger partial charge in [-0.1, -0.05) is 56.7 Å². The molecule has 1 aromatic carbocycles. The Morgan fingerprint density at radius 2 is 1.79 bits per heavy atom. The molecule has 0 bridgehead atoms. The van der Waals surface area contributed by atoms with Gasteiger partial charge in [-0.3, -0.25) is 19.6 Å². The zero-order valence-electron chi connectivity index (χ0n) is 16.8. The first-order valence-electron chi connectivity index (χ1n) is 9.50. The van der Waals surface area contributed by atoms with E-state index in [1.807, 2.05) is 44.2 Å². The molecular weight excluding hydrogens is 358 g/mol. The number of likely N-dealkylation sites (N-methyl/N-ethyl adjacent to an activating group) is 1. The van der Waals surface area contributed by atoms with E-state index in [0.29, 0.717) is 12.8 Å². The Hall–Kier alpha value is -2.67. The van der Waals surface area contributed by atoms with Crippen molar-refractivity contribution < 1.29 is 19.6 Å². The molecule has 154 valence electrons. The van der Waals surface area contributed by atoms with Crippen LogP contribution in [-0.2, 0) is 20.8 Å². The van der Waals surface area contributed by atoms with Gasteiger partial charge in [-0.2, -0.15) is 0 Å². The summed E-state index contributed by atoms with van der Waals surface area (Å²) in [7, 11) is 1.51. The molecule has 1 aromatic rings. The Morgan fingerprint density at radius 1 is 1.14 bits per heavy atom. The summed E-state index contributed by atoms with van der Waals surface area (Å²) >= 11 is 0. The van der Waals surface area contributed by atoms with Crippen molar-refractivity contribution in [1.29, 1.82) is 0 Å². The van der Waals surface area contributed by atoms with E-state index in [4.69, 9.17) is 5.21 Å². The van der Waals surface area contributed by atoms with E-state index in [0.717, 1.165) is 5.56 Å². The fourth-order valence-electron chi connectivity index (χ4n) is 3.27. The summed E-state index contributed by atoms with van der Waals surface area (Å²) in [6.07, 6.45) is 2.77. The number of carbonyl (C=O) groups excluding carboxylic acids is 3. The lowest BCUT2D eigenvalue weighted by molar-refractivity contribution is -0.142. The van der Waals surface area contributed by atoms with Gasteiger partial charge in [0.15, 0.2) is 0 Å². The van der Waals surface area contributed by atoms with Crippen molar-refractivity contribution >= 4 is 17.7 Å². The second-order valence-electron chi connectivity index (χ2n) is 6.88. The molecule has 0 saturated heterocycles. The van der Waals surface area contributed by atoms with Crippen molar-refractivity contribution in [3.63, 3.8) is 0 Å². The lowest BCUT2D eigenvalue weighted by atomic mass is 9.78. The van der Waals surface area contributed by atoms with E-state index >= 15 is 0 Å². The van der Waals surface area contributed by atoms with Crippen molar-refractivity contribution in [2.24, 2.45) is 17.8 Å². The predicted octanol–water partition coefficient (Wildman–Crippen LogP) is 1.82. The first-order valence-corrected chi connectivity index (χ1v) is 9.50. The standard InChI is InChI=1S/C21H31N3O4/c1-5-10-16(19(25)24-28)18(14(3)6-2)21(27)23-17(20(26)22-4)13-15-11-8-7-9-12-15/h5,7-9,11-12,14,16-18,28H,1,6,10,13H2,2-4H3,(H,22,26)(H,23,27)(H,24,25)/t14?,16-,17-,18+/m0/s1. The normalized spacial score (nSPS) is 14.9. The highest BCUT2D eigenvalue weighted by Crippen LogP contribution is 2.28. The molecule has 0 heterocycles. The summed E-state index contributed by atoms with van der Waals surface area (Å²) in [5, 5.41) is 14.5. The largest absolute Gasteiger partial charge is 0.357 e. The highest BCUT2D eigenvalue weighted by atomic mass is 16.5. The molecule has 1 unspecified atom stereocenters. The minimum absolute atomic E-state index is 0.135. The maximum Gasteiger partial charge on any atom is 0.247 e. The SMILES string of the molecule is C=CC[C@H](C(=O)NO)[C@H](C(=O)N[C@@H](Cc1ccccc1)C(=O)NC)C(C)CC. The van der Waals surface area contributed by atoms with E-state index in [2.05, 4.69) is 17.2 Å². The third-order valence-electron chi connectivity index (χ3n) is 5.02. The van der Waals surface area contributed by atoms with Crippen LogP contribution in [0.25, 0.3) is 0 Å². The number of hydrogen-bond donors (Lipinski definition) is 4. The van der Waals surface area contributed by atoms with E-state index in [-0.39, 0.29) is 18.2 Å². The quantitative estimate of drug-likeness (QED) is 0.263. The molecule has 28 heavy (non-hydrogen) atoms. The molecule has 0 spiro atoms. The highest BCUT2D eigenvalue weighted by molar-refractivity contribution is 5.91. The van der Waals surface area contributed by atoms with E-state index in [1.165, 1.54) is 7.05 Å². The third-order valence-corrected chi connectivity index (χ3v) is 5.02.